The van der Waals surface area contributed by atoms with Crippen LogP contribution in [0.5, 0.6) is 5.75 Å². The minimum atomic E-state index is -5.29. The van der Waals surface area contributed by atoms with E-state index in [0.717, 1.165) is 18.2 Å². The second-order valence-corrected chi connectivity index (χ2v) is 19.7. The molecule has 0 radical (unpaired) electrons. The van der Waals surface area contributed by atoms with Gasteiger partial charge in [0, 0.05) is 22.2 Å². The van der Waals surface area contributed by atoms with Gasteiger partial charge in [0.05, 0.1) is 47.0 Å². The van der Waals surface area contributed by atoms with Gasteiger partial charge in [-0.1, -0.05) is 12.1 Å². The number of nitrogens with zero attached hydrogens (tertiary/aromatic N) is 8. The molecular formula is C38H30N11O17S4+. The van der Waals surface area contributed by atoms with Gasteiger partial charge in [-0.05, 0) is 76.0 Å². The van der Waals surface area contributed by atoms with Crippen LogP contribution in [0.3, 0.4) is 0 Å². The molecule has 0 saturated carbocycles. The van der Waals surface area contributed by atoms with Crippen molar-refractivity contribution in [1.29, 1.82) is 0 Å². The summed E-state index contributed by atoms with van der Waals surface area (Å²) in [6.07, 6.45) is 2.64. The largest absolute Gasteiger partial charge is 0.494 e. The Labute approximate surface area is 392 Å². The number of fused-ring (bicyclic) bond motifs is 2. The number of aliphatic carboxylic acids is 1. The van der Waals surface area contributed by atoms with Crippen LogP contribution in [0.15, 0.2) is 131 Å². The van der Waals surface area contributed by atoms with Gasteiger partial charge >= 0.3 is 29.8 Å². The number of azo groups is 2. The predicted molar refractivity (Wildman–Crippen MR) is 241 cm³/mol. The second-order valence-electron chi connectivity index (χ2n) is 14.1. The summed E-state index contributed by atoms with van der Waals surface area (Å²) in [4.78, 5) is 31.7. The average molecular weight is 1040 g/mol. The Morgan fingerprint density at radius 1 is 0.671 bits per heavy atom. The Morgan fingerprint density at radius 3 is 1.99 bits per heavy atom. The topological polar surface area (TPSA) is 443 Å². The molecule has 7 aromatic rings. The summed E-state index contributed by atoms with van der Waals surface area (Å²) in [7, 11) is -19.5. The molecule has 0 amide bonds. The number of nitrogens with two attached hydrogens (primary N) is 1. The Balaban J connectivity index is 1.33. The van der Waals surface area contributed by atoms with Crippen molar-refractivity contribution in [2.75, 3.05) is 30.0 Å². The first-order valence-electron chi connectivity index (χ1n) is 18.8. The molecule has 2 heterocycles. The monoisotopic (exact) mass is 1040 g/mol. The molecule has 0 bridgehead atoms. The van der Waals surface area contributed by atoms with E-state index >= 15 is 0 Å². The van der Waals surface area contributed by atoms with E-state index < -0.39 is 95.0 Å². The quantitative estimate of drug-likeness (QED) is 0.0356. The van der Waals surface area contributed by atoms with Crippen LogP contribution in [0.1, 0.15) is 10.4 Å². The van der Waals surface area contributed by atoms with Crippen molar-refractivity contribution < 1.29 is 81.0 Å². The smallest absolute Gasteiger partial charge is 0.444 e. The number of hydrogen-bond donors (Lipinski definition) is 9. The lowest BCUT2D eigenvalue weighted by atomic mass is 10.1. The highest BCUT2D eigenvalue weighted by molar-refractivity contribution is 7.87. The average Bonchev–Trinajstić information content (AvgIpc) is 3.27. The molecular weight excluding hydrogens is 1010 g/mol. The number of nitrogens with one attached hydrogen (secondary N) is 2. The van der Waals surface area contributed by atoms with E-state index in [4.69, 9.17) is 10.5 Å². The molecule has 362 valence electrons. The maximum Gasteiger partial charge on any atom is 0.444 e. The van der Waals surface area contributed by atoms with Crippen molar-refractivity contribution in [3.63, 3.8) is 0 Å². The number of hydrogen-bond acceptors (Lipinski definition) is 21. The third kappa shape index (κ3) is 10.9. The molecule has 0 aliphatic carbocycles. The summed E-state index contributed by atoms with van der Waals surface area (Å²) in [5, 5.41) is 39.4. The van der Waals surface area contributed by atoms with Crippen LogP contribution < -0.4 is 25.7 Å². The number of nitrogen functional groups attached to an aromatic ring is 1. The Hall–Kier alpha value is -8.24. The number of pyridine rings is 1. The first kappa shape index (κ1) is 49.7. The SMILES string of the molecule is COc1cc(N=Nc2cc3c(S(=O)(=O)O)cc(S(=O)(=O)O)cc3cc2S(=O)(=O)O)c(NCC(=O)O)cc1N=Nc1ccc(Nc2nc(N)nc(-[n+]3cccc(C(=O)O)c3)n2)c2c(S(=O)(=O)O)cccc12. The van der Waals surface area contributed by atoms with E-state index in [2.05, 4.69) is 46.0 Å². The number of methoxy groups -OCH3 is 1. The Bertz CT molecular complexity index is 3900. The molecule has 0 spiro atoms. The first-order valence-corrected chi connectivity index (χ1v) is 24.6. The molecule has 10 N–H and O–H groups in total. The lowest BCUT2D eigenvalue weighted by Crippen LogP contribution is -2.34. The molecule has 2 aromatic heterocycles. The van der Waals surface area contributed by atoms with Gasteiger partial charge in [0.25, 0.3) is 40.5 Å². The van der Waals surface area contributed by atoms with Crippen molar-refractivity contribution in [2.45, 2.75) is 19.6 Å². The van der Waals surface area contributed by atoms with Gasteiger partial charge in [0.2, 0.25) is 0 Å². The van der Waals surface area contributed by atoms with Crippen LogP contribution in [0, 0.1) is 0 Å². The molecule has 7 rings (SSSR count). The minimum absolute atomic E-state index is 0.0175. The summed E-state index contributed by atoms with van der Waals surface area (Å²) in [5.41, 5.74) is 4.36. The number of benzene rings is 5. The van der Waals surface area contributed by atoms with Gasteiger partial charge in [0.15, 0.2) is 0 Å². The summed E-state index contributed by atoms with van der Waals surface area (Å²) >= 11 is 0. The molecule has 0 aliphatic heterocycles. The lowest BCUT2D eigenvalue weighted by molar-refractivity contribution is -0.603. The molecule has 5 aromatic carbocycles. The van der Waals surface area contributed by atoms with Crippen LogP contribution in [-0.2, 0) is 45.3 Å². The van der Waals surface area contributed by atoms with Crippen molar-refractivity contribution in [3.8, 4) is 11.7 Å². The van der Waals surface area contributed by atoms with Crippen LogP contribution in [-0.4, -0.2) is 103 Å². The van der Waals surface area contributed by atoms with Crippen LogP contribution in [0.2, 0.25) is 0 Å². The first-order chi connectivity index (χ1) is 32.7. The maximum atomic E-state index is 12.7. The van der Waals surface area contributed by atoms with Gasteiger partial charge in [-0.25, -0.2) is 9.36 Å². The standard InChI is InChI=1S/C38H29N11O17S4/c1-66-29-15-26(46-48-28-13-22-19(11-32(28)70(63,64)65)10-20(67(54,55)56)12-31(22)69(60,61)62)25(40-16-33(50)51)14-27(29)47-45-23-7-8-24(34-21(23)5-2-6-30(34)68(57,58)59)41-37-42-36(39)43-38(44-37)49-9-3-4-18(17-49)35(52)53/h2-15,17H,16H2,1H3,(H9-,39,40,41,42,43,44,47,48,50,51,52,53,54,55,56,57,58,59,60,61,62,63,64,65)/p+1. The fourth-order valence-corrected chi connectivity index (χ4v) is 9.25. The number of anilines is 4. The third-order valence-electron chi connectivity index (χ3n) is 9.50. The third-order valence-corrected chi connectivity index (χ3v) is 13.0. The van der Waals surface area contributed by atoms with Crippen LogP contribution in [0.4, 0.5) is 46.0 Å². The van der Waals surface area contributed by atoms with Crippen molar-refractivity contribution in [3.05, 3.63) is 96.8 Å². The molecule has 32 heteroatoms. The van der Waals surface area contributed by atoms with E-state index in [9.17, 15) is 71.7 Å². The number of rotatable bonds is 16. The van der Waals surface area contributed by atoms with Crippen molar-refractivity contribution in [2.24, 2.45) is 20.5 Å². The number of carboxylic acid groups (broad SMARTS) is 2. The molecule has 28 nitrogen and oxygen atoms in total. The van der Waals surface area contributed by atoms with Crippen LogP contribution in [0.25, 0.3) is 27.5 Å². The molecule has 0 atom stereocenters. The van der Waals surface area contributed by atoms with Gasteiger partial charge in [0.1, 0.15) is 44.0 Å². The predicted octanol–water partition coefficient (Wildman–Crippen LogP) is 4.80. The zero-order valence-corrected chi connectivity index (χ0v) is 38.1. The van der Waals surface area contributed by atoms with E-state index in [-0.39, 0.29) is 68.4 Å². The summed E-state index contributed by atoms with van der Waals surface area (Å²) in [5.74, 6) is -3.49. The minimum Gasteiger partial charge on any atom is -0.494 e. The number of ether oxygens (including phenoxy) is 1. The number of carboxylic acids is 2. The molecule has 0 aliphatic rings. The highest BCUT2D eigenvalue weighted by Gasteiger charge is 2.26. The van der Waals surface area contributed by atoms with Crippen LogP contribution >= 0.6 is 0 Å². The van der Waals surface area contributed by atoms with Crippen molar-refractivity contribution >= 4 is 120 Å². The lowest BCUT2D eigenvalue weighted by Gasteiger charge is -2.13. The van der Waals surface area contributed by atoms with Crippen molar-refractivity contribution in [1.82, 2.24) is 15.0 Å². The van der Waals surface area contributed by atoms with E-state index in [1.54, 1.807) is 0 Å². The summed E-state index contributed by atoms with van der Waals surface area (Å²) in [6.45, 7) is -0.773. The zero-order valence-electron chi connectivity index (χ0n) is 34.8. The zero-order chi connectivity index (χ0) is 51.1. The number of aromatic carboxylic acids is 1. The van der Waals surface area contributed by atoms with Gasteiger partial charge < -0.3 is 31.3 Å². The summed E-state index contributed by atoms with van der Waals surface area (Å²) in [6, 6.07) is 13.8. The van der Waals surface area contributed by atoms with E-state index in [0.29, 0.717) is 24.3 Å². The Kier molecular flexibility index (Phi) is 13.3. The fraction of sp³-hybridized carbons (Fsp3) is 0.0526. The maximum absolute atomic E-state index is 12.7. The molecule has 70 heavy (non-hydrogen) atoms. The number of carbonyl (C=O) groups is 2. The highest BCUT2D eigenvalue weighted by atomic mass is 32.2. The second kappa shape index (κ2) is 18.7. The van der Waals surface area contributed by atoms with E-state index in [1.807, 2.05) is 0 Å². The van der Waals surface area contributed by atoms with E-state index in [1.165, 1.54) is 60.5 Å². The number of aromatic nitrogens is 4. The fourth-order valence-electron chi connectivity index (χ4n) is 6.54. The summed E-state index contributed by atoms with van der Waals surface area (Å²) < 4.78 is 145. The highest BCUT2D eigenvalue weighted by Crippen LogP contribution is 2.43. The van der Waals surface area contributed by atoms with Gasteiger partial charge in [-0.3, -0.25) is 23.0 Å². The molecule has 0 fully saturated rings. The van der Waals surface area contributed by atoms with Gasteiger partial charge in [-0.15, -0.1) is 25.4 Å². The Morgan fingerprint density at radius 2 is 1.34 bits per heavy atom. The normalized spacial score (nSPS) is 12.5. The molecule has 0 unspecified atom stereocenters. The molecule has 0 saturated heterocycles. The van der Waals surface area contributed by atoms with Gasteiger partial charge in [-0.2, -0.15) is 33.7 Å².